The van der Waals surface area contributed by atoms with Crippen molar-refractivity contribution < 1.29 is 9.13 Å². The van der Waals surface area contributed by atoms with Gasteiger partial charge in [-0.2, -0.15) is 0 Å². The van der Waals surface area contributed by atoms with Crippen molar-refractivity contribution in [1.29, 1.82) is 0 Å². The topological polar surface area (TPSA) is 21.3 Å². The third kappa shape index (κ3) is 4.05. The largest absolute Gasteiger partial charge is 0.497 e. The van der Waals surface area contributed by atoms with Crippen LogP contribution in [-0.4, -0.2) is 19.7 Å². The van der Waals surface area contributed by atoms with Crippen LogP contribution in [0.2, 0.25) is 0 Å². The Morgan fingerprint density at radius 1 is 1.14 bits per heavy atom. The molecule has 0 saturated heterocycles. The zero-order valence-electron chi connectivity index (χ0n) is 12.8. The van der Waals surface area contributed by atoms with Crippen LogP contribution in [0.5, 0.6) is 5.75 Å². The molecule has 2 rings (SSSR count). The quantitative estimate of drug-likeness (QED) is 0.865. The zero-order chi connectivity index (χ0) is 15.2. The Hall–Kier alpha value is -1.87. The first-order valence-electron chi connectivity index (χ1n) is 7.30. The Morgan fingerprint density at radius 3 is 2.43 bits per heavy atom. The molecule has 2 nitrogen and oxygen atoms in total. The highest BCUT2D eigenvalue weighted by atomic mass is 19.1. The number of benzene rings is 2. The predicted octanol–water partition coefficient (Wildman–Crippen LogP) is 4.04. The molecule has 0 fully saturated rings. The molecule has 1 atom stereocenters. The van der Waals surface area contributed by atoms with Gasteiger partial charge < -0.3 is 10.1 Å². The molecule has 0 amide bonds. The molecule has 0 aromatic heterocycles. The van der Waals surface area contributed by atoms with Gasteiger partial charge >= 0.3 is 0 Å². The van der Waals surface area contributed by atoms with Crippen LogP contribution in [0.4, 0.5) is 4.39 Å². The highest BCUT2D eigenvalue weighted by Gasteiger charge is 2.07. The van der Waals surface area contributed by atoms with E-state index in [4.69, 9.17) is 4.74 Å². The van der Waals surface area contributed by atoms with E-state index < -0.39 is 0 Å². The first-order valence-corrected chi connectivity index (χ1v) is 7.30. The number of rotatable bonds is 6. The summed E-state index contributed by atoms with van der Waals surface area (Å²) in [5, 5.41) is 3.39. The Kier molecular flexibility index (Phi) is 5.34. The zero-order valence-corrected chi connectivity index (χ0v) is 12.8. The Balaban J connectivity index is 2.15. The second-order valence-corrected chi connectivity index (χ2v) is 5.21. The van der Waals surface area contributed by atoms with Gasteiger partial charge in [-0.05, 0) is 43.1 Å². The summed E-state index contributed by atoms with van der Waals surface area (Å²) in [6, 6.07) is 13.5. The molecule has 21 heavy (non-hydrogen) atoms. The van der Waals surface area contributed by atoms with Crippen molar-refractivity contribution in [3.63, 3.8) is 0 Å². The van der Waals surface area contributed by atoms with Gasteiger partial charge in [0.15, 0.2) is 0 Å². The molecule has 3 heteroatoms. The average molecular weight is 287 g/mol. The summed E-state index contributed by atoms with van der Waals surface area (Å²) in [5.74, 6) is 0.274. The number of hydrogen-bond donors (Lipinski definition) is 1. The number of likely N-dealkylation sites (N-methyl/N-ethyl adjacent to an activating group) is 1. The van der Waals surface area contributed by atoms with Crippen molar-refractivity contribution in [2.75, 3.05) is 13.7 Å². The van der Waals surface area contributed by atoms with Gasteiger partial charge in [-0.25, -0.2) is 4.39 Å². The van der Waals surface area contributed by atoms with Crippen LogP contribution in [0.3, 0.4) is 0 Å². The van der Waals surface area contributed by atoms with Crippen molar-refractivity contribution in [3.05, 3.63) is 53.8 Å². The van der Waals surface area contributed by atoms with E-state index in [0.717, 1.165) is 18.5 Å². The molecule has 2 aromatic carbocycles. The van der Waals surface area contributed by atoms with Crippen LogP contribution in [0.25, 0.3) is 11.1 Å². The lowest BCUT2D eigenvalue weighted by atomic mass is 10.0. The van der Waals surface area contributed by atoms with Crippen LogP contribution >= 0.6 is 0 Å². The van der Waals surface area contributed by atoms with Gasteiger partial charge in [-0.3, -0.25) is 0 Å². The summed E-state index contributed by atoms with van der Waals surface area (Å²) < 4.78 is 19.1. The molecule has 0 heterocycles. The minimum Gasteiger partial charge on any atom is -0.497 e. The molecule has 0 spiro atoms. The van der Waals surface area contributed by atoms with Gasteiger partial charge in [0.2, 0.25) is 0 Å². The van der Waals surface area contributed by atoms with Crippen LogP contribution in [0.15, 0.2) is 42.5 Å². The molecule has 0 aliphatic carbocycles. The predicted molar refractivity (Wildman–Crippen MR) is 85.2 cm³/mol. The molecule has 2 aromatic rings. The summed E-state index contributed by atoms with van der Waals surface area (Å²) >= 11 is 0. The fourth-order valence-corrected chi connectivity index (χ4v) is 2.45. The molecule has 0 bridgehead atoms. The van der Waals surface area contributed by atoms with Gasteiger partial charge in [0.1, 0.15) is 11.6 Å². The Bertz CT molecular complexity index is 580. The molecule has 1 N–H and O–H groups in total. The van der Waals surface area contributed by atoms with Crippen molar-refractivity contribution in [3.8, 4) is 16.9 Å². The monoisotopic (exact) mass is 287 g/mol. The number of hydrogen-bond acceptors (Lipinski definition) is 2. The third-order valence-corrected chi connectivity index (χ3v) is 3.54. The molecular formula is C18H22FNO. The lowest BCUT2D eigenvalue weighted by molar-refractivity contribution is 0.411. The van der Waals surface area contributed by atoms with Crippen molar-refractivity contribution in [2.45, 2.75) is 26.3 Å². The molecule has 0 aliphatic heterocycles. The van der Waals surface area contributed by atoms with E-state index in [-0.39, 0.29) is 5.82 Å². The summed E-state index contributed by atoms with van der Waals surface area (Å²) in [6.07, 6.45) is 0.971. The van der Waals surface area contributed by atoms with E-state index in [0.29, 0.717) is 17.4 Å². The second kappa shape index (κ2) is 7.23. The summed E-state index contributed by atoms with van der Waals surface area (Å²) in [7, 11) is 1.54. The molecule has 112 valence electrons. The van der Waals surface area contributed by atoms with Crippen molar-refractivity contribution >= 4 is 0 Å². The maximum absolute atomic E-state index is 14.0. The fourth-order valence-electron chi connectivity index (χ4n) is 2.45. The SMILES string of the molecule is CCNC(C)Cc1ccc(-c2ccc(OC)cc2F)cc1. The van der Waals surface area contributed by atoms with E-state index >= 15 is 0 Å². The van der Waals surface area contributed by atoms with Gasteiger partial charge in [-0.15, -0.1) is 0 Å². The first kappa shape index (κ1) is 15.5. The second-order valence-electron chi connectivity index (χ2n) is 5.21. The van der Waals surface area contributed by atoms with E-state index in [1.807, 2.05) is 12.1 Å². The fraction of sp³-hybridized carbons (Fsp3) is 0.333. The lowest BCUT2D eigenvalue weighted by Gasteiger charge is -2.12. The van der Waals surface area contributed by atoms with E-state index in [1.54, 1.807) is 12.1 Å². The molecular weight excluding hydrogens is 265 g/mol. The molecule has 0 saturated carbocycles. The van der Waals surface area contributed by atoms with Gasteiger partial charge in [0, 0.05) is 17.7 Å². The maximum atomic E-state index is 14.0. The number of halogens is 1. The summed E-state index contributed by atoms with van der Waals surface area (Å²) in [4.78, 5) is 0. The molecule has 0 radical (unpaired) electrons. The van der Waals surface area contributed by atoms with Crippen molar-refractivity contribution in [2.24, 2.45) is 0 Å². The van der Waals surface area contributed by atoms with E-state index in [9.17, 15) is 4.39 Å². The average Bonchev–Trinajstić information content (AvgIpc) is 2.48. The lowest BCUT2D eigenvalue weighted by Crippen LogP contribution is -2.27. The van der Waals surface area contributed by atoms with E-state index in [1.165, 1.54) is 18.7 Å². The third-order valence-electron chi connectivity index (χ3n) is 3.54. The number of nitrogens with one attached hydrogen (secondary N) is 1. The Morgan fingerprint density at radius 2 is 1.86 bits per heavy atom. The number of methoxy groups -OCH3 is 1. The Labute approximate surface area is 126 Å². The standard InChI is InChI=1S/C18H22FNO/c1-4-20-13(2)11-14-5-7-15(8-6-14)17-10-9-16(21-3)12-18(17)19/h5-10,12-13,20H,4,11H2,1-3H3. The smallest absolute Gasteiger partial charge is 0.134 e. The highest BCUT2D eigenvalue weighted by molar-refractivity contribution is 5.65. The summed E-state index contributed by atoms with van der Waals surface area (Å²) in [5.41, 5.74) is 2.73. The van der Waals surface area contributed by atoms with Crippen molar-refractivity contribution in [1.82, 2.24) is 5.32 Å². The van der Waals surface area contributed by atoms with Gasteiger partial charge in [0.25, 0.3) is 0 Å². The van der Waals surface area contributed by atoms with Gasteiger partial charge in [-0.1, -0.05) is 31.2 Å². The maximum Gasteiger partial charge on any atom is 0.134 e. The molecule has 1 unspecified atom stereocenters. The van der Waals surface area contributed by atoms with Crippen LogP contribution in [-0.2, 0) is 6.42 Å². The molecule has 0 aliphatic rings. The van der Waals surface area contributed by atoms with Crippen LogP contribution < -0.4 is 10.1 Å². The van der Waals surface area contributed by atoms with Gasteiger partial charge in [0.05, 0.1) is 7.11 Å². The number of ether oxygens (including phenoxy) is 1. The minimum absolute atomic E-state index is 0.261. The van der Waals surface area contributed by atoms with Crippen LogP contribution in [0, 0.1) is 5.82 Å². The van der Waals surface area contributed by atoms with E-state index in [2.05, 4.69) is 31.3 Å². The minimum atomic E-state index is -0.261. The normalized spacial score (nSPS) is 12.2. The highest BCUT2D eigenvalue weighted by Crippen LogP contribution is 2.26. The first-order chi connectivity index (χ1) is 10.1. The summed E-state index contributed by atoms with van der Waals surface area (Å²) in [6.45, 7) is 5.24. The van der Waals surface area contributed by atoms with Crippen LogP contribution in [0.1, 0.15) is 19.4 Å².